The molecule has 0 saturated carbocycles. The van der Waals surface area contributed by atoms with Crippen molar-refractivity contribution in [3.8, 4) is 0 Å². The average molecular weight is 426 g/mol. The topological polar surface area (TPSA) is 73.8 Å². The van der Waals surface area contributed by atoms with Crippen LogP contribution in [-0.2, 0) is 22.7 Å². The van der Waals surface area contributed by atoms with E-state index in [1.54, 1.807) is 20.8 Å². The molecule has 160 valence electrons. The number of hydrogen-bond donors (Lipinski definition) is 2. The van der Waals surface area contributed by atoms with E-state index in [1.807, 2.05) is 0 Å². The Balaban J connectivity index is 2.86. The van der Waals surface area contributed by atoms with E-state index in [9.17, 15) is 26.0 Å². The van der Waals surface area contributed by atoms with Crippen molar-refractivity contribution in [2.45, 2.75) is 33.5 Å². The highest BCUT2D eigenvalue weighted by atomic mass is 32.2. The lowest BCUT2D eigenvalue weighted by Gasteiger charge is -2.19. The van der Waals surface area contributed by atoms with Gasteiger partial charge in [-0.1, -0.05) is 19.9 Å². The number of nitrogens with zero attached hydrogens (tertiary/aromatic N) is 2. The Morgan fingerprint density at radius 1 is 1.14 bits per heavy atom. The van der Waals surface area contributed by atoms with Crippen LogP contribution in [0.15, 0.2) is 23.2 Å². The van der Waals surface area contributed by atoms with Crippen molar-refractivity contribution < 1.29 is 26.0 Å². The zero-order valence-corrected chi connectivity index (χ0v) is 16.9. The number of halogens is 4. The summed E-state index contributed by atoms with van der Waals surface area (Å²) in [4.78, 5) is 4.06. The summed E-state index contributed by atoms with van der Waals surface area (Å²) in [6, 6.07) is 2.41. The second kappa shape index (κ2) is 10.6. The molecule has 2 N–H and O–H groups in total. The van der Waals surface area contributed by atoms with Crippen molar-refractivity contribution in [2.24, 2.45) is 4.99 Å². The molecular formula is C17H26F4N4O2S. The van der Waals surface area contributed by atoms with Crippen LogP contribution in [0.2, 0.25) is 0 Å². The molecule has 28 heavy (non-hydrogen) atoms. The summed E-state index contributed by atoms with van der Waals surface area (Å²) in [6.45, 7) is 6.10. The molecule has 1 aromatic rings. The van der Waals surface area contributed by atoms with Crippen molar-refractivity contribution in [3.63, 3.8) is 0 Å². The van der Waals surface area contributed by atoms with Crippen LogP contribution in [0.1, 0.15) is 31.9 Å². The Labute approximate surface area is 163 Å². The standard InChI is InChI=1S/C17H26F4N4O2S/c1-4-22-16(23-9-10-28(26,27)25(5-2)6-3)24-12-13-7-8-14(18)11-15(13)17(19,20)21/h7-8,11H,4-6,9-10,12H2,1-3H3,(H2,22,23,24). The molecule has 0 aromatic heterocycles. The van der Waals surface area contributed by atoms with Crippen molar-refractivity contribution in [1.29, 1.82) is 0 Å². The molecule has 0 unspecified atom stereocenters. The van der Waals surface area contributed by atoms with E-state index in [0.717, 1.165) is 12.1 Å². The Bertz CT molecular complexity index is 763. The van der Waals surface area contributed by atoms with E-state index in [1.165, 1.54) is 4.31 Å². The number of sulfonamides is 1. The molecule has 0 aliphatic heterocycles. The van der Waals surface area contributed by atoms with Crippen LogP contribution in [-0.4, -0.2) is 50.6 Å². The van der Waals surface area contributed by atoms with Gasteiger partial charge >= 0.3 is 6.18 Å². The SMILES string of the molecule is CCNC(=NCc1ccc(F)cc1C(F)(F)F)NCCS(=O)(=O)N(CC)CC. The van der Waals surface area contributed by atoms with Crippen LogP contribution in [0.3, 0.4) is 0 Å². The summed E-state index contributed by atoms with van der Waals surface area (Å²) < 4.78 is 78.0. The molecule has 1 aromatic carbocycles. The maximum atomic E-state index is 13.2. The Morgan fingerprint density at radius 3 is 2.32 bits per heavy atom. The van der Waals surface area contributed by atoms with Gasteiger partial charge in [0, 0.05) is 26.2 Å². The van der Waals surface area contributed by atoms with Crippen molar-refractivity contribution in [1.82, 2.24) is 14.9 Å². The lowest BCUT2D eigenvalue weighted by molar-refractivity contribution is -0.138. The third-order valence-electron chi connectivity index (χ3n) is 3.88. The number of hydrogen-bond acceptors (Lipinski definition) is 3. The van der Waals surface area contributed by atoms with Gasteiger partial charge in [0.2, 0.25) is 10.0 Å². The third kappa shape index (κ3) is 7.27. The quantitative estimate of drug-likeness (QED) is 0.362. The summed E-state index contributed by atoms with van der Waals surface area (Å²) >= 11 is 0. The van der Waals surface area contributed by atoms with E-state index >= 15 is 0 Å². The van der Waals surface area contributed by atoms with E-state index in [0.29, 0.717) is 25.7 Å². The van der Waals surface area contributed by atoms with Gasteiger partial charge in [-0.25, -0.2) is 22.1 Å². The van der Waals surface area contributed by atoms with Crippen LogP contribution in [0, 0.1) is 5.82 Å². The summed E-state index contributed by atoms with van der Waals surface area (Å²) in [7, 11) is -3.43. The van der Waals surface area contributed by atoms with E-state index in [4.69, 9.17) is 0 Å². The maximum Gasteiger partial charge on any atom is 0.416 e. The van der Waals surface area contributed by atoms with Gasteiger partial charge in [-0.2, -0.15) is 13.2 Å². The van der Waals surface area contributed by atoms with Gasteiger partial charge in [0.25, 0.3) is 0 Å². The first-order valence-corrected chi connectivity index (χ1v) is 10.5. The summed E-state index contributed by atoms with van der Waals surface area (Å²) in [5, 5.41) is 5.64. The lowest BCUT2D eigenvalue weighted by Crippen LogP contribution is -2.42. The summed E-state index contributed by atoms with van der Waals surface area (Å²) in [5.41, 5.74) is -1.27. The smallest absolute Gasteiger partial charge is 0.357 e. The van der Waals surface area contributed by atoms with E-state index in [2.05, 4.69) is 15.6 Å². The number of aliphatic imine (C=N–C) groups is 1. The fraction of sp³-hybridized carbons (Fsp3) is 0.588. The summed E-state index contributed by atoms with van der Waals surface area (Å²) in [6.07, 6.45) is -4.70. The highest BCUT2D eigenvalue weighted by Crippen LogP contribution is 2.32. The molecule has 0 saturated heterocycles. The molecule has 0 spiro atoms. The molecule has 0 aliphatic carbocycles. The predicted octanol–water partition coefficient (Wildman–Crippen LogP) is 2.57. The van der Waals surface area contributed by atoms with Gasteiger partial charge in [-0.3, -0.25) is 0 Å². The van der Waals surface area contributed by atoms with E-state index in [-0.39, 0.29) is 30.4 Å². The van der Waals surface area contributed by atoms with Crippen molar-refractivity contribution >= 4 is 16.0 Å². The first-order chi connectivity index (χ1) is 13.0. The maximum absolute atomic E-state index is 13.2. The van der Waals surface area contributed by atoms with Crippen molar-refractivity contribution in [2.75, 3.05) is 31.9 Å². The van der Waals surface area contributed by atoms with Crippen molar-refractivity contribution in [3.05, 3.63) is 35.1 Å². The molecule has 0 heterocycles. The minimum Gasteiger partial charge on any atom is -0.357 e. The zero-order chi connectivity index (χ0) is 21.4. The number of guanidine groups is 1. The highest BCUT2D eigenvalue weighted by molar-refractivity contribution is 7.89. The lowest BCUT2D eigenvalue weighted by atomic mass is 10.1. The first kappa shape index (κ1) is 24.2. The van der Waals surface area contributed by atoms with Gasteiger partial charge < -0.3 is 10.6 Å². The largest absolute Gasteiger partial charge is 0.416 e. The molecule has 0 bridgehead atoms. The Kier molecular flexibility index (Phi) is 9.15. The Morgan fingerprint density at radius 2 is 1.79 bits per heavy atom. The van der Waals surface area contributed by atoms with Crippen LogP contribution < -0.4 is 10.6 Å². The first-order valence-electron chi connectivity index (χ1n) is 8.90. The van der Waals surface area contributed by atoms with Gasteiger partial charge in [0.05, 0.1) is 17.9 Å². The van der Waals surface area contributed by atoms with Gasteiger partial charge in [0.15, 0.2) is 5.96 Å². The minimum absolute atomic E-state index is 0.0419. The number of alkyl halides is 3. The van der Waals surface area contributed by atoms with Gasteiger partial charge in [0.1, 0.15) is 5.82 Å². The molecule has 0 fully saturated rings. The molecule has 0 atom stereocenters. The minimum atomic E-state index is -4.70. The fourth-order valence-electron chi connectivity index (χ4n) is 2.50. The van der Waals surface area contributed by atoms with Crippen LogP contribution >= 0.6 is 0 Å². The van der Waals surface area contributed by atoms with Crippen LogP contribution in [0.25, 0.3) is 0 Å². The second-order valence-electron chi connectivity index (χ2n) is 5.82. The van der Waals surface area contributed by atoms with Gasteiger partial charge in [-0.05, 0) is 24.6 Å². The molecule has 1 rings (SSSR count). The number of benzene rings is 1. The molecule has 6 nitrogen and oxygen atoms in total. The zero-order valence-electron chi connectivity index (χ0n) is 16.1. The molecule has 0 amide bonds. The molecule has 11 heteroatoms. The predicted molar refractivity (Wildman–Crippen MR) is 101 cm³/mol. The second-order valence-corrected chi connectivity index (χ2v) is 7.91. The highest BCUT2D eigenvalue weighted by Gasteiger charge is 2.33. The summed E-state index contributed by atoms with van der Waals surface area (Å²) in [5.74, 6) is -0.981. The molecule has 0 aliphatic rings. The van der Waals surface area contributed by atoms with Gasteiger partial charge in [-0.15, -0.1) is 0 Å². The number of nitrogens with one attached hydrogen (secondary N) is 2. The molecule has 0 radical (unpaired) electrons. The number of rotatable bonds is 9. The molecular weight excluding hydrogens is 400 g/mol. The van der Waals surface area contributed by atoms with Crippen LogP contribution in [0.5, 0.6) is 0 Å². The fourth-order valence-corrected chi connectivity index (χ4v) is 3.91. The normalized spacial score (nSPS) is 13.1. The monoisotopic (exact) mass is 426 g/mol. The van der Waals surface area contributed by atoms with E-state index < -0.39 is 27.6 Å². The van der Waals surface area contributed by atoms with Crippen LogP contribution in [0.4, 0.5) is 17.6 Å². The average Bonchev–Trinajstić information content (AvgIpc) is 2.60. The Hall–Kier alpha value is -1.88. The third-order valence-corrected chi connectivity index (χ3v) is 5.90.